The van der Waals surface area contributed by atoms with E-state index >= 15 is 0 Å². The third-order valence-electron chi connectivity index (χ3n) is 3.85. The van der Waals surface area contributed by atoms with E-state index < -0.39 is 33.5 Å². The fourth-order valence-electron chi connectivity index (χ4n) is 2.85. The van der Waals surface area contributed by atoms with Crippen molar-refractivity contribution in [3.05, 3.63) is 0 Å². The average Bonchev–Trinajstić information content (AvgIpc) is 2.68. The Labute approximate surface area is 100 Å². The van der Waals surface area contributed by atoms with Gasteiger partial charge in [-0.05, 0) is 26.3 Å². The van der Waals surface area contributed by atoms with Gasteiger partial charge in [-0.1, -0.05) is 0 Å². The van der Waals surface area contributed by atoms with E-state index in [9.17, 15) is 23.4 Å². The number of sulfone groups is 1. The van der Waals surface area contributed by atoms with Crippen molar-refractivity contribution >= 4 is 15.8 Å². The van der Waals surface area contributed by atoms with Crippen molar-refractivity contribution < 1.29 is 23.4 Å². The summed E-state index contributed by atoms with van der Waals surface area (Å²) in [4.78, 5) is 12.9. The minimum atomic E-state index is -3.24. The zero-order valence-electron chi connectivity index (χ0n) is 9.66. The summed E-state index contributed by atoms with van der Waals surface area (Å²) in [6, 6.07) is -0.580. The summed E-state index contributed by atoms with van der Waals surface area (Å²) in [5.41, 5.74) is -1.05. The van der Waals surface area contributed by atoms with E-state index in [1.165, 1.54) is 0 Å². The molecule has 6 nitrogen and oxygen atoms in total. The first kappa shape index (κ1) is 12.8. The van der Waals surface area contributed by atoms with Crippen LogP contribution in [0.1, 0.15) is 19.8 Å². The highest BCUT2D eigenvalue weighted by molar-refractivity contribution is 7.91. The van der Waals surface area contributed by atoms with E-state index in [0.717, 1.165) is 0 Å². The van der Waals surface area contributed by atoms with Crippen molar-refractivity contribution in [2.45, 2.75) is 37.5 Å². The lowest BCUT2D eigenvalue weighted by molar-refractivity contribution is -0.150. The predicted molar refractivity (Wildman–Crippen MR) is 60.4 cm³/mol. The van der Waals surface area contributed by atoms with Gasteiger partial charge in [0.15, 0.2) is 9.84 Å². The molecule has 17 heavy (non-hydrogen) atoms. The fourth-order valence-corrected chi connectivity index (χ4v) is 4.65. The van der Waals surface area contributed by atoms with Crippen LogP contribution in [0.2, 0.25) is 0 Å². The second-order valence-electron chi connectivity index (χ2n) is 5.09. The topological polar surface area (TPSA) is 94.9 Å². The lowest BCUT2D eigenvalue weighted by Gasteiger charge is -2.36. The number of aliphatic hydroxyl groups is 1. The number of hydrogen-bond donors (Lipinski definition) is 2. The second-order valence-corrected chi connectivity index (χ2v) is 7.24. The third kappa shape index (κ3) is 2.07. The van der Waals surface area contributed by atoms with Crippen molar-refractivity contribution in [1.82, 2.24) is 4.90 Å². The molecule has 0 spiro atoms. The van der Waals surface area contributed by atoms with Crippen LogP contribution in [0.4, 0.5) is 0 Å². The van der Waals surface area contributed by atoms with Crippen LogP contribution < -0.4 is 0 Å². The molecule has 3 atom stereocenters. The number of carbonyl (C=O) groups is 1. The maximum Gasteiger partial charge on any atom is 0.323 e. The Morgan fingerprint density at radius 2 is 2.06 bits per heavy atom. The lowest BCUT2D eigenvalue weighted by Crippen LogP contribution is -2.56. The minimum Gasteiger partial charge on any atom is -0.480 e. The molecule has 2 fully saturated rings. The van der Waals surface area contributed by atoms with E-state index in [2.05, 4.69) is 0 Å². The largest absolute Gasteiger partial charge is 0.480 e. The molecule has 7 heteroatoms. The molecule has 0 amide bonds. The van der Waals surface area contributed by atoms with E-state index in [0.29, 0.717) is 19.4 Å². The molecule has 2 aliphatic heterocycles. The number of hydrogen-bond acceptors (Lipinski definition) is 5. The number of carboxylic acids is 1. The summed E-state index contributed by atoms with van der Waals surface area (Å²) in [5, 5.41) is 19.0. The maximum absolute atomic E-state index is 11.5. The number of aliphatic hydroxyl groups excluding tert-OH is 1. The molecule has 3 unspecified atom stereocenters. The van der Waals surface area contributed by atoms with Crippen LogP contribution in [0.25, 0.3) is 0 Å². The Kier molecular flexibility index (Phi) is 2.95. The Balaban J connectivity index is 2.26. The van der Waals surface area contributed by atoms with Gasteiger partial charge in [-0.15, -0.1) is 0 Å². The molecule has 2 saturated heterocycles. The van der Waals surface area contributed by atoms with Crippen LogP contribution in [0.5, 0.6) is 0 Å². The molecular formula is C10H17NO5S. The normalized spacial score (nSPS) is 41.8. The SMILES string of the molecule is CC1(C(=O)O)CCCN1C1CS(=O)(=O)CC1O. The molecule has 0 aliphatic carbocycles. The van der Waals surface area contributed by atoms with Gasteiger partial charge < -0.3 is 10.2 Å². The number of carboxylic acid groups (broad SMARTS) is 1. The monoisotopic (exact) mass is 263 g/mol. The highest BCUT2D eigenvalue weighted by Crippen LogP contribution is 2.34. The smallest absolute Gasteiger partial charge is 0.323 e. The van der Waals surface area contributed by atoms with Crippen molar-refractivity contribution in [3.8, 4) is 0 Å². The molecule has 0 aromatic rings. The first-order chi connectivity index (χ1) is 7.76. The van der Waals surface area contributed by atoms with Gasteiger partial charge in [0.1, 0.15) is 5.54 Å². The Bertz CT molecular complexity index is 434. The fraction of sp³-hybridized carbons (Fsp3) is 0.900. The molecule has 0 aromatic carbocycles. The number of nitrogens with zero attached hydrogens (tertiary/aromatic N) is 1. The Hall–Kier alpha value is -0.660. The van der Waals surface area contributed by atoms with Crippen LogP contribution in [-0.2, 0) is 14.6 Å². The summed E-state index contributed by atoms with van der Waals surface area (Å²) in [5.74, 6) is -1.35. The van der Waals surface area contributed by atoms with E-state index in [4.69, 9.17) is 0 Å². The van der Waals surface area contributed by atoms with E-state index in [1.807, 2.05) is 0 Å². The lowest BCUT2D eigenvalue weighted by atomic mass is 9.97. The molecule has 0 saturated carbocycles. The molecule has 2 heterocycles. The van der Waals surface area contributed by atoms with Crippen molar-refractivity contribution in [3.63, 3.8) is 0 Å². The summed E-state index contributed by atoms with van der Waals surface area (Å²) >= 11 is 0. The Morgan fingerprint density at radius 3 is 2.53 bits per heavy atom. The standard InChI is InChI=1S/C10H17NO5S/c1-10(9(13)14)3-2-4-11(10)7-5-17(15,16)6-8(7)12/h7-8,12H,2-6H2,1H3,(H,13,14). The quantitative estimate of drug-likeness (QED) is 0.669. The van der Waals surface area contributed by atoms with Gasteiger partial charge in [0.2, 0.25) is 0 Å². The predicted octanol–water partition coefficient (Wildman–Crippen LogP) is -0.917. The van der Waals surface area contributed by atoms with Crippen LogP contribution in [0.3, 0.4) is 0 Å². The summed E-state index contributed by atoms with van der Waals surface area (Å²) in [7, 11) is -3.24. The van der Waals surface area contributed by atoms with Crippen LogP contribution in [-0.4, -0.2) is 65.2 Å². The summed E-state index contributed by atoms with van der Waals surface area (Å²) in [6.07, 6.45) is 0.231. The zero-order valence-corrected chi connectivity index (χ0v) is 10.5. The zero-order chi connectivity index (χ0) is 12.8. The summed E-state index contributed by atoms with van der Waals surface area (Å²) < 4.78 is 22.9. The van der Waals surface area contributed by atoms with Gasteiger partial charge >= 0.3 is 5.97 Å². The van der Waals surface area contributed by atoms with Crippen LogP contribution in [0, 0.1) is 0 Å². The van der Waals surface area contributed by atoms with E-state index in [-0.39, 0.29) is 11.5 Å². The minimum absolute atomic E-state index is 0.142. The van der Waals surface area contributed by atoms with Gasteiger partial charge in [-0.25, -0.2) is 8.42 Å². The van der Waals surface area contributed by atoms with Crippen LogP contribution in [0.15, 0.2) is 0 Å². The molecule has 0 radical (unpaired) electrons. The van der Waals surface area contributed by atoms with Gasteiger partial charge in [0.25, 0.3) is 0 Å². The highest BCUT2D eigenvalue weighted by atomic mass is 32.2. The number of rotatable bonds is 2. The van der Waals surface area contributed by atoms with Crippen molar-refractivity contribution in [1.29, 1.82) is 0 Å². The summed E-state index contributed by atoms with van der Waals surface area (Å²) in [6.45, 7) is 2.13. The average molecular weight is 263 g/mol. The molecule has 0 aromatic heterocycles. The van der Waals surface area contributed by atoms with Gasteiger partial charge in [0, 0.05) is 0 Å². The third-order valence-corrected chi connectivity index (χ3v) is 5.55. The molecule has 98 valence electrons. The van der Waals surface area contributed by atoms with Crippen LogP contribution >= 0.6 is 0 Å². The number of likely N-dealkylation sites (tertiary alicyclic amines) is 1. The molecular weight excluding hydrogens is 246 g/mol. The molecule has 2 aliphatic rings. The van der Waals surface area contributed by atoms with Crippen molar-refractivity contribution in [2.24, 2.45) is 0 Å². The van der Waals surface area contributed by atoms with Gasteiger partial charge in [-0.3, -0.25) is 9.69 Å². The van der Waals surface area contributed by atoms with Gasteiger partial charge in [-0.2, -0.15) is 0 Å². The molecule has 0 bridgehead atoms. The number of aliphatic carboxylic acids is 1. The molecule has 2 rings (SSSR count). The van der Waals surface area contributed by atoms with E-state index in [1.54, 1.807) is 11.8 Å². The first-order valence-electron chi connectivity index (χ1n) is 5.65. The Morgan fingerprint density at radius 1 is 1.41 bits per heavy atom. The van der Waals surface area contributed by atoms with Gasteiger partial charge in [0.05, 0.1) is 23.7 Å². The van der Waals surface area contributed by atoms with Crippen molar-refractivity contribution in [2.75, 3.05) is 18.1 Å². The molecule has 2 N–H and O–H groups in total. The maximum atomic E-state index is 11.5. The highest BCUT2D eigenvalue weighted by Gasteiger charge is 2.51. The second kappa shape index (κ2) is 3.93. The first-order valence-corrected chi connectivity index (χ1v) is 7.47.